The van der Waals surface area contributed by atoms with Crippen LogP contribution in [0.5, 0.6) is 0 Å². The second kappa shape index (κ2) is 5.71. The molecule has 0 saturated carbocycles. The Balaban J connectivity index is 2.11. The van der Waals surface area contributed by atoms with Gasteiger partial charge in [-0.2, -0.15) is 0 Å². The molecule has 1 amide bonds. The van der Waals surface area contributed by atoms with Gasteiger partial charge in [-0.05, 0) is 29.7 Å². The molecular weight excluding hydrogens is 246 g/mol. The van der Waals surface area contributed by atoms with Gasteiger partial charge in [-0.25, -0.2) is 0 Å². The second-order valence-corrected chi connectivity index (χ2v) is 4.44. The number of carbonyl (C=O) groups is 1. The predicted molar refractivity (Wildman–Crippen MR) is 69.9 cm³/mol. The highest BCUT2D eigenvalue weighted by Gasteiger charge is 2.18. The molecule has 2 rings (SSSR count). The van der Waals surface area contributed by atoms with Crippen LogP contribution in [0, 0.1) is 0 Å². The van der Waals surface area contributed by atoms with E-state index >= 15 is 0 Å². The molecule has 0 aliphatic carbocycles. The molecule has 1 aliphatic rings. The third kappa shape index (κ3) is 2.85. The van der Waals surface area contributed by atoms with Gasteiger partial charge >= 0.3 is 0 Å². The minimum absolute atomic E-state index is 0.000318. The Morgan fingerprint density at radius 2 is 2.26 bits per heavy atom. The predicted octanol–water partition coefficient (Wildman–Crippen LogP) is 0.972. The van der Waals surface area contributed by atoms with Crippen LogP contribution in [0.1, 0.15) is 34.8 Å². The first kappa shape index (κ1) is 13.4. The van der Waals surface area contributed by atoms with Crippen molar-refractivity contribution in [3.05, 3.63) is 34.9 Å². The maximum Gasteiger partial charge on any atom is 0.251 e. The molecule has 1 aromatic rings. The van der Waals surface area contributed by atoms with E-state index in [0.29, 0.717) is 25.2 Å². The SMILES string of the molecule is CCC(NC(=O)c1ccc2c(c1)COC2)C(N)=NO. The van der Waals surface area contributed by atoms with Crippen molar-refractivity contribution in [1.82, 2.24) is 5.32 Å². The van der Waals surface area contributed by atoms with E-state index in [1.54, 1.807) is 6.07 Å². The Morgan fingerprint density at radius 1 is 1.53 bits per heavy atom. The van der Waals surface area contributed by atoms with E-state index in [-0.39, 0.29) is 11.7 Å². The van der Waals surface area contributed by atoms with Gasteiger partial charge in [0.05, 0.1) is 19.3 Å². The van der Waals surface area contributed by atoms with Crippen molar-refractivity contribution in [3.63, 3.8) is 0 Å². The van der Waals surface area contributed by atoms with Crippen LogP contribution in [0.4, 0.5) is 0 Å². The fraction of sp³-hybridized carbons (Fsp3) is 0.385. The molecular formula is C13H17N3O3. The van der Waals surface area contributed by atoms with Gasteiger partial charge in [-0.3, -0.25) is 4.79 Å². The molecule has 0 fully saturated rings. The molecule has 4 N–H and O–H groups in total. The van der Waals surface area contributed by atoms with Gasteiger partial charge in [0, 0.05) is 5.56 Å². The summed E-state index contributed by atoms with van der Waals surface area (Å²) in [5.41, 5.74) is 8.20. The zero-order valence-electron chi connectivity index (χ0n) is 10.7. The average Bonchev–Trinajstić information content (AvgIpc) is 2.90. The van der Waals surface area contributed by atoms with Crippen molar-refractivity contribution in [3.8, 4) is 0 Å². The topological polar surface area (TPSA) is 96.9 Å². The maximum absolute atomic E-state index is 12.1. The lowest BCUT2D eigenvalue weighted by atomic mass is 10.1. The fourth-order valence-electron chi connectivity index (χ4n) is 2.01. The zero-order valence-corrected chi connectivity index (χ0v) is 10.7. The number of nitrogens with one attached hydrogen (secondary N) is 1. The number of ether oxygens (including phenoxy) is 1. The van der Waals surface area contributed by atoms with Crippen LogP contribution >= 0.6 is 0 Å². The standard InChI is InChI=1S/C13H17N3O3/c1-2-11(12(14)16-18)15-13(17)8-3-4-9-6-19-7-10(9)5-8/h3-5,11,18H,2,6-7H2,1H3,(H2,14,16)(H,15,17). The van der Waals surface area contributed by atoms with E-state index in [2.05, 4.69) is 10.5 Å². The fourth-order valence-corrected chi connectivity index (χ4v) is 2.01. The normalized spacial score (nSPS) is 15.9. The number of hydrogen-bond acceptors (Lipinski definition) is 4. The third-order valence-electron chi connectivity index (χ3n) is 3.17. The van der Waals surface area contributed by atoms with Crippen molar-refractivity contribution in [2.45, 2.75) is 32.6 Å². The van der Waals surface area contributed by atoms with Gasteiger partial charge in [-0.1, -0.05) is 18.1 Å². The smallest absolute Gasteiger partial charge is 0.251 e. The number of benzene rings is 1. The highest BCUT2D eigenvalue weighted by molar-refractivity contribution is 5.98. The Hall–Kier alpha value is -2.08. The summed E-state index contributed by atoms with van der Waals surface area (Å²) in [7, 11) is 0. The summed E-state index contributed by atoms with van der Waals surface area (Å²) in [5.74, 6) is -0.242. The first-order chi connectivity index (χ1) is 9.15. The van der Waals surface area contributed by atoms with Gasteiger partial charge in [-0.15, -0.1) is 0 Å². The minimum atomic E-state index is -0.470. The number of nitrogens with zero attached hydrogens (tertiary/aromatic N) is 1. The van der Waals surface area contributed by atoms with Crippen LogP contribution in [0.3, 0.4) is 0 Å². The highest BCUT2D eigenvalue weighted by atomic mass is 16.5. The molecule has 102 valence electrons. The number of nitrogens with two attached hydrogens (primary N) is 1. The van der Waals surface area contributed by atoms with Crippen molar-refractivity contribution in [2.75, 3.05) is 0 Å². The van der Waals surface area contributed by atoms with Gasteiger partial charge in [0.1, 0.15) is 0 Å². The van der Waals surface area contributed by atoms with Crippen LogP contribution in [-0.2, 0) is 18.0 Å². The quantitative estimate of drug-likeness (QED) is 0.326. The maximum atomic E-state index is 12.1. The average molecular weight is 263 g/mol. The summed E-state index contributed by atoms with van der Waals surface area (Å²) < 4.78 is 5.30. The lowest BCUT2D eigenvalue weighted by Crippen LogP contribution is -2.44. The molecule has 0 spiro atoms. The Morgan fingerprint density at radius 3 is 2.95 bits per heavy atom. The second-order valence-electron chi connectivity index (χ2n) is 4.44. The number of carbonyl (C=O) groups excluding carboxylic acids is 1. The lowest BCUT2D eigenvalue weighted by molar-refractivity contribution is 0.0945. The van der Waals surface area contributed by atoms with E-state index < -0.39 is 6.04 Å². The number of fused-ring (bicyclic) bond motifs is 1. The molecule has 0 saturated heterocycles. The Bertz CT molecular complexity index is 514. The molecule has 0 bridgehead atoms. The summed E-state index contributed by atoms with van der Waals surface area (Å²) in [6.45, 7) is 2.98. The molecule has 6 nitrogen and oxygen atoms in total. The summed E-state index contributed by atoms with van der Waals surface area (Å²) in [6.07, 6.45) is 0.551. The summed E-state index contributed by atoms with van der Waals surface area (Å²) >= 11 is 0. The van der Waals surface area contributed by atoms with E-state index in [1.165, 1.54) is 0 Å². The largest absolute Gasteiger partial charge is 0.409 e. The summed E-state index contributed by atoms with van der Waals surface area (Å²) in [6, 6.07) is 4.99. The Labute approximate surface area is 111 Å². The summed E-state index contributed by atoms with van der Waals surface area (Å²) in [4.78, 5) is 12.1. The van der Waals surface area contributed by atoms with Gasteiger partial charge < -0.3 is 21.0 Å². The van der Waals surface area contributed by atoms with Gasteiger partial charge in [0.2, 0.25) is 0 Å². The number of hydrogen-bond donors (Lipinski definition) is 3. The molecule has 1 heterocycles. The first-order valence-electron chi connectivity index (χ1n) is 6.13. The van der Waals surface area contributed by atoms with Crippen LogP contribution < -0.4 is 11.1 Å². The summed E-state index contributed by atoms with van der Waals surface area (Å²) in [5, 5.41) is 14.3. The van der Waals surface area contributed by atoms with Crippen LogP contribution in [-0.4, -0.2) is 23.0 Å². The number of oxime groups is 1. The van der Waals surface area contributed by atoms with Gasteiger partial charge in [0.15, 0.2) is 5.84 Å². The first-order valence-corrected chi connectivity index (χ1v) is 6.13. The molecule has 0 aromatic heterocycles. The molecule has 19 heavy (non-hydrogen) atoms. The molecule has 6 heteroatoms. The van der Waals surface area contributed by atoms with Crippen molar-refractivity contribution in [2.24, 2.45) is 10.9 Å². The number of rotatable bonds is 4. The number of amidine groups is 1. The van der Waals surface area contributed by atoms with E-state index in [1.807, 2.05) is 19.1 Å². The monoisotopic (exact) mass is 263 g/mol. The van der Waals surface area contributed by atoms with Crippen LogP contribution in [0.15, 0.2) is 23.4 Å². The third-order valence-corrected chi connectivity index (χ3v) is 3.17. The highest BCUT2D eigenvalue weighted by Crippen LogP contribution is 2.20. The van der Waals surface area contributed by atoms with Crippen LogP contribution in [0.25, 0.3) is 0 Å². The molecule has 1 unspecified atom stereocenters. The minimum Gasteiger partial charge on any atom is -0.409 e. The molecule has 0 radical (unpaired) electrons. The lowest BCUT2D eigenvalue weighted by Gasteiger charge is -2.15. The van der Waals surface area contributed by atoms with E-state index in [0.717, 1.165) is 11.1 Å². The molecule has 1 aliphatic heterocycles. The Kier molecular flexibility index (Phi) is 4.01. The zero-order chi connectivity index (χ0) is 13.8. The molecule has 1 aromatic carbocycles. The number of amides is 1. The van der Waals surface area contributed by atoms with E-state index in [4.69, 9.17) is 15.7 Å². The van der Waals surface area contributed by atoms with Crippen molar-refractivity contribution >= 4 is 11.7 Å². The van der Waals surface area contributed by atoms with Gasteiger partial charge in [0.25, 0.3) is 5.91 Å². The van der Waals surface area contributed by atoms with Crippen molar-refractivity contribution < 1.29 is 14.7 Å². The molecule has 1 atom stereocenters. The van der Waals surface area contributed by atoms with Crippen LogP contribution in [0.2, 0.25) is 0 Å². The van der Waals surface area contributed by atoms with E-state index in [9.17, 15) is 4.79 Å². The van der Waals surface area contributed by atoms with Crippen molar-refractivity contribution in [1.29, 1.82) is 0 Å².